The van der Waals surface area contributed by atoms with Gasteiger partial charge in [-0.2, -0.15) is 0 Å². The molecule has 1 aromatic carbocycles. The van der Waals surface area contributed by atoms with Gasteiger partial charge in [0.1, 0.15) is 5.82 Å². The van der Waals surface area contributed by atoms with Gasteiger partial charge in [-0.05, 0) is 37.1 Å². The number of halogens is 1. The Kier molecular flexibility index (Phi) is 5.42. The van der Waals surface area contributed by atoms with Gasteiger partial charge in [-0.15, -0.1) is 0 Å². The number of methoxy groups -OCH3 is 1. The summed E-state index contributed by atoms with van der Waals surface area (Å²) in [7, 11) is -2.42. The van der Waals surface area contributed by atoms with Gasteiger partial charge < -0.3 is 9.84 Å². The Morgan fingerprint density at radius 1 is 1.37 bits per heavy atom. The molecule has 0 aliphatic heterocycles. The van der Waals surface area contributed by atoms with Crippen molar-refractivity contribution in [2.24, 2.45) is 0 Å². The third-order valence-corrected chi connectivity index (χ3v) is 4.43. The molecule has 0 saturated heterocycles. The molecule has 7 heteroatoms. The van der Waals surface area contributed by atoms with E-state index in [4.69, 9.17) is 9.84 Å². The second-order valence-corrected chi connectivity index (χ2v) is 5.98. The van der Waals surface area contributed by atoms with E-state index in [1.165, 1.54) is 21.0 Å². The normalized spacial score (nSPS) is 13.5. The summed E-state index contributed by atoms with van der Waals surface area (Å²) in [5.41, 5.74) is 0.637. The standard InChI is InChI=1S/C12H18FNO4S/c1-8-4-10(13)5-9(2)12(8)19(16,17)14-11(6-15)7-18-3/h4-5,11,14-15H,6-7H2,1-3H3. The van der Waals surface area contributed by atoms with Crippen LogP contribution in [0, 0.1) is 19.7 Å². The zero-order chi connectivity index (χ0) is 14.6. The van der Waals surface area contributed by atoms with Crippen molar-refractivity contribution in [1.82, 2.24) is 4.72 Å². The van der Waals surface area contributed by atoms with Crippen molar-refractivity contribution >= 4 is 10.0 Å². The van der Waals surface area contributed by atoms with Gasteiger partial charge in [-0.1, -0.05) is 0 Å². The minimum absolute atomic E-state index is 0.0310. The lowest BCUT2D eigenvalue weighted by molar-refractivity contribution is 0.139. The number of hydrogen-bond donors (Lipinski definition) is 2. The molecule has 0 fully saturated rings. The largest absolute Gasteiger partial charge is 0.395 e. The molecule has 0 aromatic heterocycles. The van der Waals surface area contributed by atoms with E-state index in [0.717, 1.165) is 12.1 Å². The number of rotatable bonds is 6. The van der Waals surface area contributed by atoms with Crippen LogP contribution in [0.2, 0.25) is 0 Å². The van der Waals surface area contributed by atoms with Gasteiger partial charge in [-0.3, -0.25) is 0 Å². The maximum Gasteiger partial charge on any atom is 0.241 e. The van der Waals surface area contributed by atoms with Gasteiger partial charge in [0.2, 0.25) is 10.0 Å². The van der Waals surface area contributed by atoms with Crippen LogP contribution in [-0.4, -0.2) is 39.9 Å². The second kappa shape index (κ2) is 6.42. The third kappa shape index (κ3) is 3.97. The van der Waals surface area contributed by atoms with E-state index in [1.54, 1.807) is 0 Å². The van der Waals surface area contributed by atoms with Gasteiger partial charge in [-0.25, -0.2) is 17.5 Å². The first-order valence-corrected chi connectivity index (χ1v) is 7.19. The molecule has 0 aliphatic carbocycles. The molecule has 0 radical (unpaired) electrons. The molecular formula is C12H18FNO4S. The SMILES string of the molecule is COCC(CO)NS(=O)(=O)c1c(C)cc(F)cc1C. The molecule has 0 spiro atoms. The summed E-state index contributed by atoms with van der Waals surface area (Å²) in [6.07, 6.45) is 0. The highest BCUT2D eigenvalue weighted by molar-refractivity contribution is 7.89. The van der Waals surface area contributed by atoms with Crippen molar-refractivity contribution in [3.63, 3.8) is 0 Å². The minimum atomic E-state index is -3.83. The number of aliphatic hydroxyl groups excluding tert-OH is 1. The van der Waals surface area contributed by atoms with E-state index in [1.807, 2.05) is 0 Å². The first-order valence-electron chi connectivity index (χ1n) is 5.70. The number of benzene rings is 1. The molecular weight excluding hydrogens is 273 g/mol. The highest BCUT2D eigenvalue weighted by Crippen LogP contribution is 2.21. The fourth-order valence-electron chi connectivity index (χ4n) is 1.92. The van der Waals surface area contributed by atoms with Crippen LogP contribution in [0.1, 0.15) is 11.1 Å². The Balaban J connectivity index is 3.14. The lowest BCUT2D eigenvalue weighted by Gasteiger charge is -2.18. The summed E-state index contributed by atoms with van der Waals surface area (Å²) in [5, 5.41) is 9.08. The van der Waals surface area contributed by atoms with Gasteiger partial charge in [0.25, 0.3) is 0 Å². The molecule has 0 aliphatic rings. The first-order chi connectivity index (χ1) is 8.81. The van der Waals surface area contributed by atoms with E-state index >= 15 is 0 Å². The summed E-state index contributed by atoms with van der Waals surface area (Å²) in [6, 6.07) is 1.58. The second-order valence-electron chi connectivity index (χ2n) is 4.32. The summed E-state index contributed by atoms with van der Waals surface area (Å²) in [5.74, 6) is -0.482. The Bertz CT molecular complexity index is 522. The molecule has 0 amide bonds. The smallest absolute Gasteiger partial charge is 0.241 e. The molecule has 1 rings (SSSR count). The molecule has 19 heavy (non-hydrogen) atoms. The molecule has 1 aromatic rings. The number of hydrogen-bond acceptors (Lipinski definition) is 4. The first kappa shape index (κ1) is 16.0. The molecule has 2 N–H and O–H groups in total. The van der Waals surface area contributed by atoms with Crippen LogP contribution in [0.25, 0.3) is 0 Å². The van der Waals surface area contributed by atoms with Crippen LogP contribution in [0.5, 0.6) is 0 Å². The van der Waals surface area contributed by atoms with Crippen LogP contribution in [0.3, 0.4) is 0 Å². The molecule has 0 bridgehead atoms. The zero-order valence-electron chi connectivity index (χ0n) is 11.1. The van der Waals surface area contributed by atoms with E-state index in [0.29, 0.717) is 11.1 Å². The van der Waals surface area contributed by atoms with Crippen molar-refractivity contribution in [3.8, 4) is 0 Å². The fraction of sp³-hybridized carbons (Fsp3) is 0.500. The number of nitrogens with one attached hydrogen (secondary N) is 1. The van der Waals surface area contributed by atoms with Gasteiger partial charge in [0.05, 0.1) is 24.2 Å². The molecule has 108 valence electrons. The van der Waals surface area contributed by atoms with Crippen LogP contribution in [0.15, 0.2) is 17.0 Å². The monoisotopic (exact) mass is 291 g/mol. The van der Waals surface area contributed by atoms with Crippen molar-refractivity contribution in [3.05, 3.63) is 29.1 Å². The predicted octanol–water partition coefficient (Wildman–Crippen LogP) is 0.728. The highest BCUT2D eigenvalue weighted by Gasteiger charge is 2.23. The van der Waals surface area contributed by atoms with Gasteiger partial charge >= 0.3 is 0 Å². The molecule has 1 unspecified atom stereocenters. The number of sulfonamides is 1. The van der Waals surface area contributed by atoms with Crippen molar-refractivity contribution < 1.29 is 22.7 Å². The third-order valence-electron chi connectivity index (χ3n) is 2.60. The van der Waals surface area contributed by atoms with Crippen molar-refractivity contribution in [2.75, 3.05) is 20.3 Å². The number of aliphatic hydroxyl groups is 1. The Labute approximate surface area is 112 Å². The fourth-order valence-corrected chi connectivity index (χ4v) is 3.59. The maximum absolute atomic E-state index is 13.2. The average Bonchev–Trinajstić information content (AvgIpc) is 2.25. The summed E-state index contributed by atoms with van der Waals surface area (Å²) in [6.45, 7) is 2.71. The number of aryl methyl sites for hydroxylation is 2. The molecule has 5 nitrogen and oxygen atoms in total. The van der Waals surface area contributed by atoms with E-state index in [2.05, 4.69) is 4.72 Å². The average molecular weight is 291 g/mol. The van der Waals surface area contributed by atoms with Crippen molar-refractivity contribution in [1.29, 1.82) is 0 Å². The highest BCUT2D eigenvalue weighted by atomic mass is 32.2. The summed E-state index contributed by atoms with van der Waals surface area (Å²) >= 11 is 0. The quantitative estimate of drug-likeness (QED) is 0.810. The Morgan fingerprint density at radius 3 is 2.32 bits per heavy atom. The van der Waals surface area contributed by atoms with Gasteiger partial charge in [0.15, 0.2) is 0 Å². The van der Waals surface area contributed by atoms with Crippen LogP contribution in [-0.2, 0) is 14.8 Å². The summed E-state index contributed by atoms with van der Waals surface area (Å²) < 4.78 is 44.8. The minimum Gasteiger partial charge on any atom is -0.395 e. The van der Waals surface area contributed by atoms with Crippen LogP contribution < -0.4 is 4.72 Å². The summed E-state index contributed by atoms with van der Waals surface area (Å²) in [4.78, 5) is 0.0310. The van der Waals surface area contributed by atoms with Crippen molar-refractivity contribution in [2.45, 2.75) is 24.8 Å². The lowest BCUT2D eigenvalue weighted by Crippen LogP contribution is -2.41. The zero-order valence-corrected chi connectivity index (χ0v) is 11.9. The predicted molar refractivity (Wildman–Crippen MR) is 68.9 cm³/mol. The lowest BCUT2D eigenvalue weighted by atomic mass is 10.1. The molecule has 1 atom stereocenters. The van der Waals surface area contributed by atoms with E-state index in [9.17, 15) is 12.8 Å². The molecule has 0 heterocycles. The topological polar surface area (TPSA) is 75.6 Å². The van der Waals surface area contributed by atoms with Gasteiger partial charge in [0, 0.05) is 7.11 Å². The van der Waals surface area contributed by atoms with Crippen LogP contribution in [0.4, 0.5) is 4.39 Å². The Morgan fingerprint density at radius 2 is 1.89 bits per heavy atom. The maximum atomic E-state index is 13.2. The number of ether oxygens (including phenoxy) is 1. The Hall–Kier alpha value is -1.02. The van der Waals surface area contributed by atoms with E-state index in [-0.39, 0.29) is 18.1 Å². The van der Waals surface area contributed by atoms with Crippen LogP contribution >= 0.6 is 0 Å². The molecule has 0 saturated carbocycles. The van der Waals surface area contributed by atoms with E-state index < -0.39 is 21.9 Å².